The summed E-state index contributed by atoms with van der Waals surface area (Å²) in [6.07, 6.45) is 13.2. The molecule has 5 rings (SSSR count). The molecule has 1 amide bonds. The summed E-state index contributed by atoms with van der Waals surface area (Å²) < 4.78 is 0. The van der Waals surface area contributed by atoms with Crippen LogP contribution in [-0.4, -0.2) is 55.3 Å². The van der Waals surface area contributed by atoms with Crippen LogP contribution < -0.4 is 10.6 Å². The molecule has 6 heteroatoms. The Balaban J connectivity index is 1.10. The number of guanidine groups is 1. The maximum Gasteiger partial charge on any atom is 0.224 e. The van der Waals surface area contributed by atoms with E-state index in [0.717, 1.165) is 55.0 Å². The number of nitrogens with zero attached hydrogens (tertiary/aromatic N) is 3. The normalized spacial score (nSPS) is 25.4. The second-order valence-corrected chi connectivity index (χ2v) is 10.1. The fourth-order valence-corrected chi connectivity index (χ4v) is 5.41. The van der Waals surface area contributed by atoms with Crippen molar-refractivity contribution in [3.8, 4) is 0 Å². The number of allylic oxidation sites excluding steroid dienone is 2. The highest BCUT2D eigenvalue weighted by Gasteiger charge is 2.30. The van der Waals surface area contributed by atoms with Crippen LogP contribution in [-0.2, 0) is 11.2 Å². The van der Waals surface area contributed by atoms with Gasteiger partial charge in [-0.25, -0.2) is 4.99 Å². The van der Waals surface area contributed by atoms with Crippen LogP contribution in [0.2, 0.25) is 0 Å². The molecule has 0 bridgehead atoms. The van der Waals surface area contributed by atoms with E-state index in [0.29, 0.717) is 18.4 Å². The number of carbonyl (C=O) groups is 1. The molecule has 0 aromatic heterocycles. The second-order valence-electron chi connectivity index (χ2n) is 10.1. The van der Waals surface area contributed by atoms with Gasteiger partial charge in [0.15, 0.2) is 0 Å². The molecule has 1 heterocycles. The molecule has 0 radical (unpaired) electrons. The number of hydrogen-bond donors (Lipinski definition) is 2. The minimum absolute atomic E-state index is 0.104. The summed E-state index contributed by atoms with van der Waals surface area (Å²) in [5.41, 5.74) is 1.09. The SMILES string of the molecule is CN(C)C1=NC(NC2CCC(CNC(=O)Cc3cccc4ccccc34)CC2)=NC2C=CC=CC12. The number of carbonyl (C=O) groups excluding carboxylic acids is 1. The van der Waals surface area contributed by atoms with E-state index in [1.54, 1.807) is 0 Å². The van der Waals surface area contributed by atoms with Gasteiger partial charge in [-0.05, 0) is 47.9 Å². The zero-order valence-corrected chi connectivity index (χ0v) is 20.7. The van der Waals surface area contributed by atoms with Gasteiger partial charge in [0.2, 0.25) is 11.9 Å². The number of nitrogens with one attached hydrogen (secondary N) is 2. The standard InChI is InChI=1S/C29H35N5O/c1-34(2)28-25-12-5-6-13-26(25)32-29(33-28)31-23-16-14-20(15-17-23)19-30-27(35)18-22-10-7-9-21-8-3-4-11-24(21)22/h3-13,20,23,25-26H,14-19H2,1-2H3,(H,30,35)(H,31,32). The average Bonchev–Trinajstić information content (AvgIpc) is 2.88. The highest BCUT2D eigenvalue weighted by Crippen LogP contribution is 2.26. The number of rotatable bonds is 5. The van der Waals surface area contributed by atoms with Gasteiger partial charge in [0.1, 0.15) is 5.84 Å². The Morgan fingerprint density at radius 2 is 1.77 bits per heavy atom. The fourth-order valence-electron chi connectivity index (χ4n) is 5.41. The Labute approximate surface area is 207 Å². The molecule has 1 aliphatic heterocycles. The van der Waals surface area contributed by atoms with Crippen LogP contribution in [0.5, 0.6) is 0 Å². The molecule has 2 unspecified atom stereocenters. The first-order valence-corrected chi connectivity index (χ1v) is 12.8. The lowest BCUT2D eigenvalue weighted by atomic mass is 9.86. The highest BCUT2D eigenvalue weighted by molar-refractivity contribution is 6.00. The van der Waals surface area contributed by atoms with Crippen LogP contribution in [0.3, 0.4) is 0 Å². The van der Waals surface area contributed by atoms with Crippen molar-refractivity contribution >= 4 is 28.5 Å². The molecule has 182 valence electrons. The van der Waals surface area contributed by atoms with E-state index in [1.165, 1.54) is 5.39 Å². The van der Waals surface area contributed by atoms with E-state index in [-0.39, 0.29) is 17.9 Å². The van der Waals surface area contributed by atoms with Crippen molar-refractivity contribution in [1.82, 2.24) is 15.5 Å². The number of amides is 1. The number of benzene rings is 2. The molecule has 0 saturated heterocycles. The van der Waals surface area contributed by atoms with Gasteiger partial charge < -0.3 is 15.5 Å². The maximum absolute atomic E-state index is 12.7. The number of fused-ring (bicyclic) bond motifs is 2. The predicted octanol–water partition coefficient (Wildman–Crippen LogP) is 4.09. The molecular formula is C29H35N5O. The summed E-state index contributed by atoms with van der Waals surface area (Å²) in [4.78, 5) is 24.5. The largest absolute Gasteiger partial charge is 0.365 e. The highest BCUT2D eigenvalue weighted by atomic mass is 16.1. The Bertz CT molecular complexity index is 1180. The first-order chi connectivity index (χ1) is 17.1. The summed E-state index contributed by atoms with van der Waals surface area (Å²) in [5, 5.41) is 9.13. The molecule has 6 nitrogen and oxygen atoms in total. The third kappa shape index (κ3) is 5.47. The quantitative estimate of drug-likeness (QED) is 0.693. The monoisotopic (exact) mass is 469 g/mol. The lowest BCUT2D eigenvalue weighted by Crippen LogP contribution is -2.45. The Morgan fingerprint density at radius 1 is 1.00 bits per heavy atom. The Hall–Kier alpha value is -3.41. The summed E-state index contributed by atoms with van der Waals surface area (Å²) in [5.74, 6) is 2.65. The maximum atomic E-state index is 12.7. The average molecular weight is 470 g/mol. The zero-order valence-electron chi connectivity index (χ0n) is 20.7. The lowest BCUT2D eigenvalue weighted by Gasteiger charge is -2.33. The summed E-state index contributed by atoms with van der Waals surface area (Å²) in [6.45, 7) is 0.751. The second kappa shape index (κ2) is 10.5. The molecule has 1 saturated carbocycles. The Morgan fingerprint density at radius 3 is 2.60 bits per heavy atom. The molecule has 2 aliphatic carbocycles. The number of aliphatic imine (C=N–C) groups is 2. The van der Waals surface area contributed by atoms with E-state index in [9.17, 15) is 4.79 Å². The minimum atomic E-state index is 0.104. The lowest BCUT2D eigenvalue weighted by molar-refractivity contribution is -0.120. The number of hydrogen-bond acceptors (Lipinski definition) is 5. The fraction of sp³-hybridized carbons (Fsp3) is 0.414. The van der Waals surface area contributed by atoms with Crippen molar-refractivity contribution in [3.05, 3.63) is 72.3 Å². The van der Waals surface area contributed by atoms with Gasteiger partial charge in [0.25, 0.3) is 0 Å². The minimum Gasteiger partial charge on any atom is -0.365 e. The van der Waals surface area contributed by atoms with Crippen molar-refractivity contribution < 1.29 is 4.79 Å². The van der Waals surface area contributed by atoms with Crippen LogP contribution >= 0.6 is 0 Å². The molecule has 0 spiro atoms. The third-order valence-corrected chi connectivity index (χ3v) is 7.35. The van der Waals surface area contributed by atoms with Crippen molar-refractivity contribution in [3.63, 3.8) is 0 Å². The van der Waals surface area contributed by atoms with Crippen LogP contribution in [0, 0.1) is 11.8 Å². The molecule has 2 aromatic rings. The van der Waals surface area contributed by atoms with Gasteiger partial charge >= 0.3 is 0 Å². The van der Waals surface area contributed by atoms with Gasteiger partial charge in [0.05, 0.1) is 18.4 Å². The Kier molecular flexibility index (Phi) is 6.98. The van der Waals surface area contributed by atoms with E-state index in [1.807, 2.05) is 32.3 Å². The number of amidine groups is 1. The van der Waals surface area contributed by atoms with Crippen LogP contribution in [0.25, 0.3) is 10.8 Å². The molecular weight excluding hydrogens is 434 g/mol. The van der Waals surface area contributed by atoms with Crippen molar-refractivity contribution in [1.29, 1.82) is 0 Å². The van der Waals surface area contributed by atoms with E-state index in [2.05, 4.69) is 64.1 Å². The van der Waals surface area contributed by atoms with Gasteiger partial charge in [-0.1, -0.05) is 66.8 Å². The summed E-state index contributed by atoms with van der Waals surface area (Å²) in [6, 6.07) is 14.9. The van der Waals surface area contributed by atoms with Gasteiger partial charge in [-0.15, -0.1) is 0 Å². The van der Waals surface area contributed by atoms with Crippen molar-refractivity contribution in [2.75, 3.05) is 20.6 Å². The molecule has 2 atom stereocenters. The third-order valence-electron chi connectivity index (χ3n) is 7.35. The van der Waals surface area contributed by atoms with Gasteiger partial charge in [0, 0.05) is 26.7 Å². The van der Waals surface area contributed by atoms with Crippen LogP contribution in [0.4, 0.5) is 0 Å². The van der Waals surface area contributed by atoms with E-state index in [4.69, 9.17) is 9.98 Å². The van der Waals surface area contributed by atoms with Gasteiger partial charge in [-0.3, -0.25) is 4.79 Å². The molecule has 2 aromatic carbocycles. The van der Waals surface area contributed by atoms with Crippen LogP contribution in [0.15, 0.2) is 76.8 Å². The van der Waals surface area contributed by atoms with E-state index >= 15 is 0 Å². The van der Waals surface area contributed by atoms with Gasteiger partial charge in [-0.2, -0.15) is 4.99 Å². The molecule has 1 fully saturated rings. The molecule has 35 heavy (non-hydrogen) atoms. The summed E-state index contributed by atoms with van der Waals surface area (Å²) in [7, 11) is 4.09. The van der Waals surface area contributed by atoms with E-state index < -0.39 is 0 Å². The molecule has 3 aliphatic rings. The molecule has 2 N–H and O–H groups in total. The van der Waals surface area contributed by atoms with Crippen molar-refractivity contribution in [2.45, 2.75) is 44.2 Å². The first kappa shape index (κ1) is 23.3. The predicted molar refractivity (Wildman–Crippen MR) is 144 cm³/mol. The first-order valence-electron chi connectivity index (χ1n) is 12.8. The van der Waals surface area contributed by atoms with Crippen molar-refractivity contribution in [2.24, 2.45) is 21.8 Å². The zero-order chi connectivity index (χ0) is 24.2. The van der Waals surface area contributed by atoms with Crippen LogP contribution in [0.1, 0.15) is 31.2 Å². The smallest absolute Gasteiger partial charge is 0.224 e. The topological polar surface area (TPSA) is 69.1 Å². The summed E-state index contributed by atoms with van der Waals surface area (Å²) >= 11 is 0.